The zero-order chi connectivity index (χ0) is 18.7. The molecule has 1 aromatic heterocycles. The summed E-state index contributed by atoms with van der Waals surface area (Å²) in [6.07, 6.45) is 1.52. The first-order valence-electron chi connectivity index (χ1n) is 7.14. The molecule has 2 N–H and O–H groups in total. The highest BCUT2D eigenvalue weighted by Crippen LogP contribution is 2.24. The van der Waals surface area contributed by atoms with Crippen molar-refractivity contribution < 1.29 is 13.2 Å². The molecule has 26 heavy (non-hydrogen) atoms. The van der Waals surface area contributed by atoms with Crippen molar-refractivity contribution >= 4 is 69.9 Å². The topological polar surface area (TPSA) is 88.2 Å². The van der Waals surface area contributed by atoms with Crippen molar-refractivity contribution in [2.24, 2.45) is 0 Å². The zero-order valence-electron chi connectivity index (χ0n) is 12.9. The average Bonchev–Trinajstić information content (AvgIpc) is 3.09. The minimum absolute atomic E-state index is 0.0781. The van der Waals surface area contributed by atoms with E-state index >= 15 is 0 Å². The van der Waals surface area contributed by atoms with Gasteiger partial charge in [-0.25, -0.2) is 13.4 Å². The smallest absolute Gasteiger partial charge is 0.263 e. The van der Waals surface area contributed by atoms with Crippen LogP contribution in [0.4, 0.5) is 10.8 Å². The second-order valence-corrected chi connectivity index (χ2v) is 9.39. The van der Waals surface area contributed by atoms with E-state index in [0.717, 1.165) is 4.47 Å². The number of nitrogens with zero attached hydrogens (tertiary/aromatic N) is 1. The maximum absolute atomic E-state index is 12.4. The predicted octanol–water partition coefficient (Wildman–Crippen LogP) is 4.72. The Kier molecular flexibility index (Phi) is 5.76. The summed E-state index contributed by atoms with van der Waals surface area (Å²) in [5, 5.41) is 4.71. The van der Waals surface area contributed by atoms with E-state index in [4.69, 9.17) is 0 Å². The first-order chi connectivity index (χ1) is 12.3. The number of amides is 1. The molecule has 0 fully saturated rings. The number of aromatic nitrogens is 1. The molecule has 3 aromatic rings. The fraction of sp³-hybridized carbons (Fsp3) is 0. The summed E-state index contributed by atoms with van der Waals surface area (Å²) in [5.41, 5.74) is 0.941. The lowest BCUT2D eigenvalue weighted by atomic mass is 10.2. The summed E-state index contributed by atoms with van der Waals surface area (Å²) in [7, 11) is -3.72. The van der Waals surface area contributed by atoms with Crippen molar-refractivity contribution in [3.63, 3.8) is 0 Å². The van der Waals surface area contributed by atoms with Gasteiger partial charge in [0.25, 0.3) is 15.9 Å². The highest BCUT2D eigenvalue weighted by molar-refractivity contribution is 9.11. The van der Waals surface area contributed by atoms with Crippen LogP contribution in [0.3, 0.4) is 0 Å². The van der Waals surface area contributed by atoms with Gasteiger partial charge in [0.1, 0.15) is 0 Å². The van der Waals surface area contributed by atoms with Crippen molar-refractivity contribution in [1.29, 1.82) is 0 Å². The first kappa shape index (κ1) is 19.0. The van der Waals surface area contributed by atoms with Crippen molar-refractivity contribution in [3.8, 4) is 0 Å². The van der Waals surface area contributed by atoms with Gasteiger partial charge >= 0.3 is 0 Å². The van der Waals surface area contributed by atoms with E-state index in [0.29, 0.717) is 20.9 Å². The van der Waals surface area contributed by atoms with Crippen LogP contribution in [-0.4, -0.2) is 19.3 Å². The van der Waals surface area contributed by atoms with Crippen LogP contribution in [0.1, 0.15) is 10.4 Å². The van der Waals surface area contributed by atoms with Crippen molar-refractivity contribution in [2.45, 2.75) is 4.90 Å². The lowest BCUT2D eigenvalue weighted by Gasteiger charge is -2.09. The number of halogens is 2. The van der Waals surface area contributed by atoms with Crippen LogP contribution in [0.5, 0.6) is 0 Å². The summed E-state index contributed by atoms with van der Waals surface area (Å²) < 4.78 is 28.4. The van der Waals surface area contributed by atoms with E-state index in [9.17, 15) is 13.2 Å². The molecule has 0 radical (unpaired) electrons. The van der Waals surface area contributed by atoms with Crippen molar-refractivity contribution in [1.82, 2.24) is 4.98 Å². The second kappa shape index (κ2) is 7.87. The molecule has 3 rings (SSSR count). The molecule has 6 nitrogen and oxygen atoms in total. The molecule has 2 aromatic carbocycles. The maximum Gasteiger partial charge on any atom is 0.263 e. The predicted molar refractivity (Wildman–Crippen MR) is 109 cm³/mol. The zero-order valence-corrected chi connectivity index (χ0v) is 17.7. The molecular weight excluding hydrogens is 506 g/mol. The highest BCUT2D eigenvalue weighted by atomic mass is 79.9. The number of hydrogen-bond acceptors (Lipinski definition) is 5. The Morgan fingerprint density at radius 1 is 1.08 bits per heavy atom. The number of anilines is 2. The number of hydrogen-bond donors (Lipinski definition) is 2. The molecule has 0 saturated heterocycles. The van der Waals surface area contributed by atoms with Gasteiger partial charge in [0.15, 0.2) is 5.13 Å². The van der Waals surface area contributed by atoms with Crippen LogP contribution < -0.4 is 10.0 Å². The summed E-state index contributed by atoms with van der Waals surface area (Å²) in [4.78, 5) is 16.4. The normalized spacial score (nSPS) is 11.2. The molecule has 134 valence electrons. The quantitative estimate of drug-likeness (QED) is 0.513. The summed E-state index contributed by atoms with van der Waals surface area (Å²) >= 11 is 7.85. The highest BCUT2D eigenvalue weighted by Gasteiger charge is 2.16. The van der Waals surface area contributed by atoms with Gasteiger partial charge in [-0.2, -0.15) is 0 Å². The second-order valence-electron chi connectivity index (χ2n) is 5.05. The van der Waals surface area contributed by atoms with Gasteiger partial charge in [0.2, 0.25) is 0 Å². The molecular formula is C16H11Br2N3O3S2. The van der Waals surface area contributed by atoms with Crippen LogP contribution >= 0.6 is 43.2 Å². The Morgan fingerprint density at radius 2 is 1.81 bits per heavy atom. The van der Waals surface area contributed by atoms with E-state index in [1.807, 2.05) is 6.07 Å². The fourth-order valence-corrected chi connectivity index (χ4v) is 4.61. The third-order valence-corrected chi connectivity index (χ3v) is 6.61. The van der Waals surface area contributed by atoms with Crippen LogP contribution in [0.2, 0.25) is 0 Å². The monoisotopic (exact) mass is 515 g/mol. The standard InChI is InChI=1S/C16H11Br2N3O3S2/c17-10-1-6-14(18)13(9-10)15(22)20-11-2-4-12(5-3-11)26(23,24)21-16-19-7-8-25-16/h1-9H,(H,19,21)(H,20,22). The SMILES string of the molecule is O=C(Nc1ccc(S(=O)(=O)Nc2nccs2)cc1)c1cc(Br)ccc1Br. The summed E-state index contributed by atoms with van der Waals surface area (Å²) in [5.74, 6) is -0.310. The van der Waals surface area contributed by atoms with Crippen molar-refractivity contribution in [2.75, 3.05) is 10.0 Å². The molecule has 10 heteroatoms. The Morgan fingerprint density at radius 3 is 2.46 bits per heavy atom. The molecule has 0 atom stereocenters. The largest absolute Gasteiger partial charge is 0.322 e. The van der Waals surface area contributed by atoms with E-state index in [-0.39, 0.29) is 10.8 Å². The van der Waals surface area contributed by atoms with Crippen LogP contribution in [-0.2, 0) is 10.0 Å². The van der Waals surface area contributed by atoms with Crippen LogP contribution in [0.15, 0.2) is 67.9 Å². The average molecular weight is 517 g/mol. The lowest BCUT2D eigenvalue weighted by Crippen LogP contribution is -2.14. The number of sulfonamides is 1. The van der Waals surface area contributed by atoms with Gasteiger partial charge in [-0.1, -0.05) is 15.9 Å². The Labute approximate surface area is 171 Å². The molecule has 1 amide bonds. The molecule has 0 spiro atoms. The number of carbonyl (C=O) groups is 1. The minimum Gasteiger partial charge on any atom is -0.322 e. The van der Waals surface area contributed by atoms with E-state index in [1.165, 1.54) is 41.8 Å². The van der Waals surface area contributed by atoms with Gasteiger partial charge < -0.3 is 5.32 Å². The number of rotatable bonds is 5. The molecule has 0 aliphatic rings. The summed E-state index contributed by atoms with van der Waals surface area (Å²) in [6, 6.07) is 11.2. The maximum atomic E-state index is 12.4. The fourth-order valence-electron chi connectivity index (χ4n) is 2.04. The number of thiazole rings is 1. The summed E-state index contributed by atoms with van der Waals surface area (Å²) in [6.45, 7) is 0. The van der Waals surface area contributed by atoms with Gasteiger partial charge in [-0.3, -0.25) is 9.52 Å². The first-order valence-corrected chi connectivity index (χ1v) is 11.1. The molecule has 0 saturated carbocycles. The minimum atomic E-state index is -3.72. The van der Waals surface area contributed by atoms with Crippen LogP contribution in [0.25, 0.3) is 0 Å². The van der Waals surface area contributed by atoms with Gasteiger partial charge in [-0.05, 0) is 58.4 Å². The Bertz CT molecular complexity index is 1040. The van der Waals surface area contributed by atoms with Gasteiger partial charge in [0.05, 0.1) is 10.5 Å². The van der Waals surface area contributed by atoms with Gasteiger partial charge in [0, 0.05) is 26.2 Å². The molecule has 0 unspecified atom stereocenters. The van der Waals surface area contributed by atoms with Crippen LogP contribution in [0, 0.1) is 0 Å². The van der Waals surface area contributed by atoms with Gasteiger partial charge in [-0.15, -0.1) is 11.3 Å². The third kappa shape index (κ3) is 4.50. The lowest BCUT2D eigenvalue weighted by molar-refractivity contribution is 0.102. The van der Waals surface area contributed by atoms with Crippen molar-refractivity contribution in [3.05, 3.63) is 68.6 Å². The van der Waals surface area contributed by atoms with E-state index < -0.39 is 10.0 Å². The Balaban J connectivity index is 1.75. The van der Waals surface area contributed by atoms with E-state index in [2.05, 4.69) is 46.9 Å². The van der Waals surface area contributed by atoms with E-state index in [1.54, 1.807) is 17.5 Å². The molecule has 0 aliphatic carbocycles. The Hall–Kier alpha value is -1.75. The number of benzene rings is 2. The molecule has 0 bridgehead atoms. The number of nitrogens with one attached hydrogen (secondary N) is 2. The third-order valence-electron chi connectivity index (χ3n) is 3.25. The molecule has 1 heterocycles. The number of carbonyl (C=O) groups excluding carboxylic acids is 1. The molecule has 0 aliphatic heterocycles.